The van der Waals surface area contributed by atoms with Crippen molar-refractivity contribution >= 4 is 79.2 Å². The highest BCUT2D eigenvalue weighted by molar-refractivity contribution is 7.00. The summed E-state index contributed by atoms with van der Waals surface area (Å²) in [5.41, 5.74) is 21.8. The number of benzene rings is 9. The minimum atomic E-state index is 0.00361. The zero-order chi connectivity index (χ0) is 42.1. The van der Waals surface area contributed by atoms with Crippen molar-refractivity contribution in [1.29, 1.82) is 0 Å². The summed E-state index contributed by atoms with van der Waals surface area (Å²) in [6.45, 7) is 0.00361. The maximum absolute atomic E-state index is 6.54. The molecule has 4 heteroatoms. The molecule has 1 saturated carbocycles. The SMILES string of the molecule is c1ccc(-c2ccc3c(c2)B2c4cc(-c5ccccc5)ccc4N(c4ccc(-c5cccc6c5oc5ccccc56)cc4)c4cc(C5CCCCC5)cc(c42)N3c2ccccc2)cc1. The van der Waals surface area contributed by atoms with Gasteiger partial charge in [0.2, 0.25) is 0 Å². The summed E-state index contributed by atoms with van der Waals surface area (Å²) in [5.74, 6) is 0.517. The van der Waals surface area contributed by atoms with Gasteiger partial charge in [0.1, 0.15) is 11.2 Å². The highest BCUT2D eigenvalue weighted by atomic mass is 16.3. The van der Waals surface area contributed by atoms with E-state index in [1.54, 1.807) is 0 Å². The fourth-order valence-corrected chi connectivity index (χ4v) is 11.2. The number of hydrogen-bond donors (Lipinski definition) is 0. The van der Waals surface area contributed by atoms with Crippen LogP contribution in [0.2, 0.25) is 0 Å². The van der Waals surface area contributed by atoms with Crippen LogP contribution in [0.1, 0.15) is 43.6 Å². The number of para-hydroxylation sites is 3. The smallest absolute Gasteiger partial charge is 0.252 e. The van der Waals surface area contributed by atoms with Gasteiger partial charge in [0, 0.05) is 50.5 Å². The fraction of sp³-hybridized carbons (Fsp3) is 0.100. The minimum Gasteiger partial charge on any atom is -0.455 e. The van der Waals surface area contributed by atoms with Crippen LogP contribution in [0.4, 0.5) is 34.1 Å². The van der Waals surface area contributed by atoms with E-state index >= 15 is 0 Å². The summed E-state index contributed by atoms with van der Waals surface area (Å²) in [5, 5.41) is 2.29. The normalized spacial score (nSPS) is 14.4. The Hall–Kier alpha value is -7.56. The van der Waals surface area contributed by atoms with E-state index in [9.17, 15) is 0 Å². The molecule has 0 radical (unpaired) electrons. The molecule has 0 unspecified atom stereocenters. The van der Waals surface area contributed by atoms with Crippen molar-refractivity contribution in [2.24, 2.45) is 0 Å². The van der Waals surface area contributed by atoms with E-state index in [-0.39, 0.29) is 6.71 Å². The quantitative estimate of drug-likeness (QED) is 0.156. The first kappa shape index (κ1) is 37.0. The zero-order valence-electron chi connectivity index (χ0n) is 35.6. The Kier molecular flexibility index (Phi) is 8.72. The third-order valence-electron chi connectivity index (χ3n) is 14.2. The molecule has 64 heavy (non-hydrogen) atoms. The molecule has 0 saturated heterocycles. The van der Waals surface area contributed by atoms with Gasteiger partial charge in [-0.15, -0.1) is 0 Å². The molecule has 0 amide bonds. The molecular formula is C60H45BN2O. The average molecular weight is 821 g/mol. The van der Waals surface area contributed by atoms with Gasteiger partial charge in [0.25, 0.3) is 6.71 Å². The van der Waals surface area contributed by atoms with Crippen molar-refractivity contribution in [2.75, 3.05) is 9.80 Å². The number of anilines is 6. The average Bonchev–Trinajstić information content (AvgIpc) is 3.76. The molecule has 2 aliphatic heterocycles. The van der Waals surface area contributed by atoms with Gasteiger partial charge >= 0.3 is 0 Å². The highest BCUT2D eigenvalue weighted by Gasteiger charge is 2.44. The van der Waals surface area contributed by atoms with Crippen LogP contribution in [0.15, 0.2) is 211 Å². The monoisotopic (exact) mass is 820 g/mol. The largest absolute Gasteiger partial charge is 0.455 e. The topological polar surface area (TPSA) is 19.6 Å². The first-order valence-corrected chi connectivity index (χ1v) is 23.0. The van der Waals surface area contributed by atoms with Crippen LogP contribution < -0.4 is 26.2 Å². The van der Waals surface area contributed by atoms with Gasteiger partial charge in [-0.1, -0.05) is 171 Å². The van der Waals surface area contributed by atoms with Crippen molar-refractivity contribution in [3.8, 4) is 33.4 Å². The summed E-state index contributed by atoms with van der Waals surface area (Å²) in [4.78, 5) is 5.14. The van der Waals surface area contributed by atoms with E-state index in [0.717, 1.165) is 38.8 Å². The van der Waals surface area contributed by atoms with Crippen LogP contribution in [-0.4, -0.2) is 6.71 Å². The second-order valence-electron chi connectivity index (χ2n) is 17.9. The van der Waals surface area contributed by atoms with E-state index < -0.39 is 0 Å². The molecule has 0 N–H and O–H groups in total. The Morgan fingerprint density at radius 1 is 0.406 bits per heavy atom. The van der Waals surface area contributed by atoms with Crippen LogP contribution >= 0.6 is 0 Å². The number of hydrogen-bond acceptors (Lipinski definition) is 3. The van der Waals surface area contributed by atoms with Gasteiger partial charge in [-0.2, -0.15) is 0 Å². The molecule has 1 aliphatic carbocycles. The molecule has 3 heterocycles. The highest BCUT2D eigenvalue weighted by Crippen LogP contribution is 2.48. The molecule has 1 fully saturated rings. The Morgan fingerprint density at radius 3 is 1.56 bits per heavy atom. The van der Waals surface area contributed by atoms with Crippen molar-refractivity contribution in [3.05, 3.63) is 212 Å². The van der Waals surface area contributed by atoms with Gasteiger partial charge in [-0.3, -0.25) is 0 Å². The summed E-state index contributed by atoms with van der Waals surface area (Å²) < 4.78 is 6.54. The molecule has 0 bridgehead atoms. The van der Waals surface area contributed by atoms with E-state index in [1.807, 2.05) is 6.07 Å². The first-order chi connectivity index (χ1) is 31.7. The lowest BCUT2D eigenvalue weighted by Gasteiger charge is -2.45. The van der Waals surface area contributed by atoms with Crippen LogP contribution in [0, 0.1) is 0 Å². The Labute approximate surface area is 375 Å². The Morgan fingerprint density at radius 2 is 0.938 bits per heavy atom. The molecule has 0 atom stereocenters. The lowest BCUT2D eigenvalue weighted by molar-refractivity contribution is 0.444. The van der Waals surface area contributed by atoms with Gasteiger partial charge in [-0.05, 0) is 123 Å². The van der Waals surface area contributed by atoms with E-state index in [4.69, 9.17) is 4.42 Å². The molecular weight excluding hydrogens is 775 g/mol. The van der Waals surface area contributed by atoms with Crippen LogP contribution in [0.5, 0.6) is 0 Å². The summed E-state index contributed by atoms with van der Waals surface area (Å²) in [6, 6.07) is 76.4. The second-order valence-corrected chi connectivity index (χ2v) is 17.9. The van der Waals surface area contributed by atoms with Gasteiger partial charge in [0.15, 0.2) is 0 Å². The standard InChI is InChI=1S/C60H45BN2O/c1-5-16-40(17-6-1)44-30-34-54-52(36-44)61-53-37-45(41-18-7-2-8-19-41)31-35-55(53)63(48-32-28-43(29-33-48)49-25-15-26-51-50-24-13-14-27-58(50)64-60(49)51)57-39-46(42-20-9-3-10-21-42)38-56(59(57)61)62(54)47-22-11-4-12-23-47/h1-2,4-8,11-19,22-39,42H,3,9-10,20-21H2. The van der Waals surface area contributed by atoms with Crippen molar-refractivity contribution in [2.45, 2.75) is 38.0 Å². The molecule has 13 rings (SSSR count). The fourth-order valence-electron chi connectivity index (χ4n) is 11.2. The van der Waals surface area contributed by atoms with Gasteiger partial charge < -0.3 is 14.2 Å². The number of fused-ring (bicyclic) bond motifs is 7. The molecule has 9 aromatic carbocycles. The summed E-state index contributed by atoms with van der Waals surface area (Å²) >= 11 is 0. The Balaban J connectivity index is 1.07. The zero-order valence-corrected chi connectivity index (χ0v) is 35.6. The number of furan rings is 1. The Bertz CT molecular complexity index is 3370. The predicted molar refractivity (Wildman–Crippen MR) is 270 cm³/mol. The maximum Gasteiger partial charge on any atom is 0.252 e. The molecule has 1 aromatic heterocycles. The molecule has 3 nitrogen and oxygen atoms in total. The molecule has 0 spiro atoms. The number of rotatable bonds is 6. The van der Waals surface area contributed by atoms with E-state index in [1.165, 1.54) is 105 Å². The van der Waals surface area contributed by atoms with Gasteiger partial charge in [0.05, 0.1) is 0 Å². The first-order valence-electron chi connectivity index (χ1n) is 23.0. The molecule has 10 aromatic rings. The number of nitrogens with zero attached hydrogens (tertiary/aromatic N) is 2. The van der Waals surface area contributed by atoms with E-state index in [2.05, 4.69) is 210 Å². The van der Waals surface area contributed by atoms with Crippen LogP contribution in [-0.2, 0) is 0 Å². The maximum atomic E-state index is 6.54. The molecule has 3 aliphatic rings. The van der Waals surface area contributed by atoms with Crippen molar-refractivity contribution in [3.63, 3.8) is 0 Å². The second kappa shape index (κ2) is 15.1. The van der Waals surface area contributed by atoms with Gasteiger partial charge in [-0.25, -0.2) is 0 Å². The van der Waals surface area contributed by atoms with Crippen molar-refractivity contribution in [1.82, 2.24) is 0 Å². The molecule has 304 valence electrons. The van der Waals surface area contributed by atoms with E-state index in [0.29, 0.717) is 5.92 Å². The lowest BCUT2D eigenvalue weighted by atomic mass is 9.33. The predicted octanol–water partition coefficient (Wildman–Crippen LogP) is 14.7. The van der Waals surface area contributed by atoms with Crippen LogP contribution in [0.3, 0.4) is 0 Å². The third-order valence-corrected chi connectivity index (χ3v) is 14.2. The summed E-state index contributed by atoms with van der Waals surface area (Å²) in [6.07, 6.45) is 6.33. The summed E-state index contributed by atoms with van der Waals surface area (Å²) in [7, 11) is 0. The van der Waals surface area contributed by atoms with Crippen LogP contribution in [0.25, 0.3) is 55.3 Å². The third kappa shape index (κ3) is 5.97. The lowest BCUT2D eigenvalue weighted by Crippen LogP contribution is -2.61. The minimum absolute atomic E-state index is 0.00361. The van der Waals surface area contributed by atoms with Crippen molar-refractivity contribution < 1.29 is 4.42 Å².